The molecule has 4 rings (SSSR count). The number of nitrogens with zero attached hydrogens (tertiary/aromatic N) is 3. The number of aromatic nitrogens is 1. The Kier molecular flexibility index (Phi) is 5.48. The molecule has 160 valence electrons. The van der Waals surface area contributed by atoms with E-state index in [4.69, 9.17) is 5.73 Å². The van der Waals surface area contributed by atoms with Crippen LogP contribution in [-0.2, 0) is 12.0 Å². The molecule has 0 radical (unpaired) electrons. The van der Waals surface area contributed by atoms with Gasteiger partial charge in [-0.1, -0.05) is 18.2 Å². The zero-order valence-electron chi connectivity index (χ0n) is 17.3. The number of nitrogens with one attached hydrogen (secondary N) is 1. The average molecular weight is 413 g/mol. The summed E-state index contributed by atoms with van der Waals surface area (Å²) in [5, 5.41) is 14.1. The van der Waals surface area contributed by atoms with Crippen molar-refractivity contribution < 1.29 is 14.3 Å². The lowest BCUT2D eigenvalue weighted by Gasteiger charge is -2.54. The Labute approximate surface area is 175 Å². The molecule has 0 aliphatic carbocycles. The Morgan fingerprint density at radius 1 is 1.30 bits per heavy atom. The minimum atomic E-state index is -0.703. The number of hydrogen-bond acceptors (Lipinski definition) is 5. The molecule has 2 aromatic rings. The highest BCUT2D eigenvalue weighted by atomic mass is 19.1. The van der Waals surface area contributed by atoms with Gasteiger partial charge in [0, 0.05) is 56.0 Å². The Balaban J connectivity index is 1.66. The average Bonchev–Trinajstić information content (AvgIpc) is 2.71. The monoisotopic (exact) mass is 413 g/mol. The number of aliphatic hydroxyl groups excluding tert-OH is 1. The molecule has 8 heteroatoms. The molecule has 4 N–H and O–H groups in total. The molecule has 3 unspecified atom stereocenters. The predicted octanol–water partition coefficient (Wildman–Crippen LogP) is 1.16. The van der Waals surface area contributed by atoms with Gasteiger partial charge in [-0.3, -0.25) is 4.98 Å². The fraction of sp³-hybridized carbons (Fsp3) is 0.455. The van der Waals surface area contributed by atoms with Crippen LogP contribution in [0.5, 0.6) is 0 Å². The van der Waals surface area contributed by atoms with E-state index in [1.807, 2.05) is 25.2 Å². The van der Waals surface area contributed by atoms with Gasteiger partial charge in [-0.15, -0.1) is 0 Å². The van der Waals surface area contributed by atoms with Crippen LogP contribution in [-0.4, -0.2) is 72.3 Å². The first-order valence-electron chi connectivity index (χ1n) is 10.1. The number of carbonyl (C=O) groups excluding carboxylic acids is 1. The third kappa shape index (κ3) is 3.55. The minimum absolute atomic E-state index is 0.0831. The zero-order valence-corrected chi connectivity index (χ0v) is 17.3. The van der Waals surface area contributed by atoms with Crippen molar-refractivity contribution in [3.63, 3.8) is 0 Å². The maximum absolute atomic E-state index is 14.3. The van der Waals surface area contributed by atoms with Crippen molar-refractivity contribution in [2.75, 3.05) is 40.3 Å². The van der Waals surface area contributed by atoms with Gasteiger partial charge in [0.05, 0.1) is 17.2 Å². The minimum Gasteiger partial charge on any atom is -0.392 e. The summed E-state index contributed by atoms with van der Waals surface area (Å²) in [7, 11) is 3.79. The van der Waals surface area contributed by atoms with Gasteiger partial charge in [0.15, 0.2) is 0 Å². The summed E-state index contributed by atoms with van der Waals surface area (Å²) in [4.78, 5) is 20.3. The molecular formula is C22H28FN5O2. The van der Waals surface area contributed by atoms with Crippen LogP contribution in [0.15, 0.2) is 36.5 Å². The van der Waals surface area contributed by atoms with Gasteiger partial charge in [-0.2, -0.15) is 0 Å². The summed E-state index contributed by atoms with van der Waals surface area (Å²) >= 11 is 0. The van der Waals surface area contributed by atoms with E-state index in [1.165, 1.54) is 6.07 Å². The number of fused-ring (bicyclic) bond motifs is 2. The van der Waals surface area contributed by atoms with Gasteiger partial charge in [0.2, 0.25) is 0 Å². The van der Waals surface area contributed by atoms with E-state index in [9.17, 15) is 14.3 Å². The number of aliphatic hydroxyl groups is 1. The lowest BCUT2D eigenvalue weighted by molar-refractivity contribution is -0.0834. The SMILES string of the molecule is CNCc1ccc(-c2ccc(C34CN(C)CC(CN(C(N)=O)C3)C4O)nc2)cc1F. The highest BCUT2D eigenvalue weighted by Gasteiger charge is 2.54. The number of halogens is 1. The van der Waals surface area contributed by atoms with Crippen LogP contribution in [0.4, 0.5) is 9.18 Å². The number of nitrogens with two attached hydrogens (primary N) is 1. The summed E-state index contributed by atoms with van der Waals surface area (Å²) in [6, 6.07) is 8.44. The first-order valence-corrected chi connectivity index (χ1v) is 10.1. The molecule has 2 saturated heterocycles. The number of amides is 2. The molecule has 30 heavy (non-hydrogen) atoms. The summed E-state index contributed by atoms with van der Waals surface area (Å²) in [5.74, 6) is -0.346. The van der Waals surface area contributed by atoms with Crippen molar-refractivity contribution in [3.8, 4) is 11.1 Å². The quantitative estimate of drug-likeness (QED) is 0.699. The highest BCUT2D eigenvalue weighted by Crippen LogP contribution is 2.40. The van der Waals surface area contributed by atoms with Crippen LogP contribution in [0.25, 0.3) is 11.1 Å². The molecule has 2 aliphatic rings. The lowest BCUT2D eigenvalue weighted by Crippen LogP contribution is -2.69. The number of piperidine rings is 2. The third-order valence-corrected chi connectivity index (χ3v) is 6.38. The normalized spacial score (nSPS) is 26.6. The Morgan fingerprint density at radius 3 is 2.70 bits per heavy atom. The van der Waals surface area contributed by atoms with E-state index in [2.05, 4.69) is 15.2 Å². The highest BCUT2D eigenvalue weighted by molar-refractivity contribution is 5.72. The molecule has 1 aromatic heterocycles. The fourth-order valence-corrected chi connectivity index (χ4v) is 4.98. The number of carbonyl (C=O) groups is 1. The van der Waals surface area contributed by atoms with Crippen molar-refractivity contribution in [1.82, 2.24) is 20.1 Å². The second kappa shape index (κ2) is 7.94. The summed E-state index contributed by atoms with van der Waals surface area (Å²) in [6.45, 7) is 2.51. The number of pyridine rings is 1. The van der Waals surface area contributed by atoms with Crippen molar-refractivity contribution in [2.24, 2.45) is 11.7 Å². The summed E-state index contributed by atoms with van der Waals surface area (Å²) in [6.07, 6.45) is 1.09. The molecule has 1 aromatic carbocycles. The van der Waals surface area contributed by atoms with Gasteiger partial charge >= 0.3 is 6.03 Å². The number of primary amides is 1. The Morgan fingerprint density at radius 2 is 2.07 bits per heavy atom. The first kappa shape index (κ1) is 20.7. The van der Waals surface area contributed by atoms with E-state index in [-0.39, 0.29) is 11.7 Å². The van der Waals surface area contributed by atoms with Gasteiger partial charge in [-0.25, -0.2) is 9.18 Å². The van der Waals surface area contributed by atoms with E-state index in [1.54, 1.807) is 24.2 Å². The van der Waals surface area contributed by atoms with Crippen LogP contribution in [0.2, 0.25) is 0 Å². The molecule has 0 saturated carbocycles. The molecular weight excluding hydrogens is 385 g/mol. The first-order chi connectivity index (χ1) is 14.3. The second-order valence-electron chi connectivity index (χ2n) is 8.55. The maximum Gasteiger partial charge on any atom is 0.314 e. The number of likely N-dealkylation sites (N-methyl/N-ethyl adjacent to an activating group) is 1. The molecule has 2 bridgehead atoms. The van der Waals surface area contributed by atoms with Gasteiger partial charge in [-0.05, 0) is 31.8 Å². The van der Waals surface area contributed by atoms with E-state index in [0.717, 1.165) is 11.1 Å². The van der Waals surface area contributed by atoms with Crippen LogP contribution < -0.4 is 11.1 Å². The second-order valence-corrected chi connectivity index (χ2v) is 8.55. The zero-order chi connectivity index (χ0) is 21.5. The number of urea groups is 1. The van der Waals surface area contributed by atoms with Crippen molar-refractivity contribution in [2.45, 2.75) is 18.1 Å². The van der Waals surface area contributed by atoms with Crippen molar-refractivity contribution in [3.05, 3.63) is 53.6 Å². The smallest absolute Gasteiger partial charge is 0.314 e. The lowest BCUT2D eigenvalue weighted by atomic mass is 9.67. The molecule has 3 atom stereocenters. The fourth-order valence-electron chi connectivity index (χ4n) is 4.98. The number of likely N-dealkylation sites (tertiary alicyclic amines) is 2. The van der Waals surface area contributed by atoms with Crippen molar-refractivity contribution >= 4 is 6.03 Å². The van der Waals surface area contributed by atoms with Crippen LogP contribution in [0, 0.1) is 11.7 Å². The summed E-state index contributed by atoms with van der Waals surface area (Å²) < 4.78 is 14.3. The number of benzene rings is 1. The van der Waals surface area contributed by atoms with Crippen LogP contribution in [0.1, 0.15) is 11.3 Å². The third-order valence-electron chi connectivity index (χ3n) is 6.38. The van der Waals surface area contributed by atoms with E-state index < -0.39 is 17.6 Å². The molecule has 2 fully saturated rings. The van der Waals surface area contributed by atoms with E-state index >= 15 is 0 Å². The summed E-state index contributed by atoms with van der Waals surface area (Å²) in [5.41, 5.74) is 7.72. The van der Waals surface area contributed by atoms with Crippen molar-refractivity contribution in [1.29, 1.82) is 0 Å². The Hall–Kier alpha value is -2.55. The van der Waals surface area contributed by atoms with Crippen LogP contribution in [0.3, 0.4) is 0 Å². The maximum atomic E-state index is 14.3. The molecule has 2 aliphatic heterocycles. The Bertz CT molecular complexity index is 938. The van der Waals surface area contributed by atoms with Crippen LogP contribution >= 0.6 is 0 Å². The molecule has 2 amide bonds. The van der Waals surface area contributed by atoms with Gasteiger partial charge < -0.3 is 26.0 Å². The van der Waals surface area contributed by atoms with E-state index in [0.29, 0.717) is 44.0 Å². The standard InChI is InChI=1S/C22H28FN5O2/c1-25-8-16-4-3-14(7-18(16)23)15-5-6-19(26-9-15)22-12-27(2)10-17(20(22)29)11-28(13-22)21(24)30/h3-7,9,17,20,25,29H,8,10-13H2,1-2H3,(H2,24,30). The number of rotatable bonds is 4. The predicted molar refractivity (Wildman–Crippen MR) is 112 cm³/mol. The largest absolute Gasteiger partial charge is 0.392 e. The topological polar surface area (TPSA) is 94.7 Å². The van der Waals surface area contributed by atoms with Gasteiger partial charge in [0.25, 0.3) is 0 Å². The number of hydrogen-bond donors (Lipinski definition) is 3. The van der Waals surface area contributed by atoms with Gasteiger partial charge in [0.1, 0.15) is 5.82 Å². The molecule has 0 spiro atoms. The molecule has 3 heterocycles. The molecule has 7 nitrogen and oxygen atoms in total.